The summed E-state index contributed by atoms with van der Waals surface area (Å²) in [5, 5.41) is 9.22. The molecule has 22 heavy (non-hydrogen) atoms. The maximum atomic E-state index is 13.8. The molecular weight excluding hydrogens is 376 g/mol. The van der Waals surface area contributed by atoms with Gasteiger partial charge in [-0.2, -0.15) is 5.26 Å². The van der Waals surface area contributed by atoms with E-state index in [0.29, 0.717) is 22.2 Å². The predicted molar refractivity (Wildman–Crippen MR) is 82.3 cm³/mol. The number of fused-ring (bicyclic) bond motifs is 1. The molecule has 3 nitrogen and oxygen atoms in total. The van der Waals surface area contributed by atoms with Gasteiger partial charge in [0.2, 0.25) is 5.28 Å². The van der Waals surface area contributed by atoms with Crippen LogP contribution >= 0.6 is 27.5 Å². The Morgan fingerprint density at radius 1 is 1.09 bits per heavy atom. The van der Waals surface area contributed by atoms with E-state index in [9.17, 15) is 8.78 Å². The van der Waals surface area contributed by atoms with E-state index in [1.165, 1.54) is 24.3 Å². The number of rotatable bonds is 1. The van der Waals surface area contributed by atoms with Crippen LogP contribution in [0.2, 0.25) is 5.28 Å². The topological polar surface area (TPSA) is 49.6 Å². The summed E-state index contributed by atoms with van der Waals surface area (Å²) in [6, 6.07) is 8.57. The first-order valence-electron chi connectivity index (χ1n) is 6.02. The second-order valence-electron chi connectivity index (χ2n) is 4.43. The van der Waals surface area contributed by atoms with Crippen LogP contribution in [0, 0.1) is 23.0 Å². The van der Waals surface area contributed by atoms with Gasteiger partial charge in [-0.25, -0.2) is 18.7 Å². The molecule has 3 rings (SSSR count). The second kappa shape index (κ2) is 5.59. The molecule has 0 aliphatic carbocycles. The molecule has 0 N–H and O–H groups in total. The van der Waals surface area contributed by atoms with E-state index in [2.05, 4.69) is 25.9 Å². The van der Waals surface area contributed by atoms with Gasteiger partial charge < -0.3 is 0 Å². The normalized spacial score (nSPS) is 10.7. The Hall–Kier alpha value is -2.10. The van der Waals surface area contributed by atoms with Crippen LogP contribution in [0.5, 0.6) is 0 Å². The number of halogens is 4. The first-order valence-corrected chi connectivity index (χ1v) is 7.19. The summed E-state index contributed by atoms with van der Waals surface area (Å²) < 4.78 is 27.7. The minimum Gasteiger partial charge on any atom is -0.218 e. The zero-order chi connectivity index (χ0) is 15.9. The smallest absolute Gasteiger partial charge is 0.218 e. The van der Waals surface area contributed by atoms with Gasteiger partial charge in [0.15, 0.2) is 0 Å². The van der Waals surface area contributed by atoms with Crippen molar-refractivity contribution in [2.45, 2.75) is 0 Å². The molecule has 0 fully saturated rings. The van der Waals surface area contributed by atoms with Crippen molar-refractivity contribution in [1.82, 2.24) is 9.97 Å². The van der Waals surface area contributed by atoms with Gasteiger partial charge in [-0.3, -0.25) is 0 Å². The highest BCUT2D eigenvalue weighted by Gasteiger charge is 2.14. The zero-order valence-corrected chi connectivity index (χ0v) is 13.1. The summed E-state index contributed by atoms with van der Waals surface area (Å²) in [4.78, 5) is 8.07. The molecule has 7 heteroatoms. The highest BCUT2D eigenvalue weighted by atomic mass is 79.9. The van der Waals surface area contributed by atoms with Gasteiger partial charge in [-0.15, -0.1) is 0 Å². The van der Waals surface area contributed by atoms with Gasteiger partial charge in [-0.05, 0) is 45.7 Å². The molecule has 0 aliphatic rings. The van der Waals surface area contributed by atoms with Crippen molar-refractivity contribution in [3.8, 4) is 17.3 Å². The lowest BCUT2D eigenvalue weighted by atomic mass is 10.0. The maximum absolute atomic E-state index is 13.8. The van der Waals surface area contributed by atoms with Gasteiger partial charge in [0.05, 0.1) is 21.2 Å². The second-order valence-corrected chi connectivity index (χ2v) is 5.62. The average Bonchev–Trinajstić information content (AvgIpc) is 2.48. The standard InChI is InChI=1S/C15H5BrClF2N3/c16-10-4-9-13(5-12(10)19)21-15(17)22-14(9)7-1-2-8(6-20)11(18)3-7/h1-5H. The van der Waals surface area contributed by atoms with Crippen LogP contribution in [-0.2, 0) is 0 Å². The zero-order valence-electron chi connectivity index (χ0n) is 10.7. The summed E-state index contributed by atoms with van der Waals surface area (Å²) in [6.07, 6.45) is 0. The Labute approximate surface area is 137 Å². The Bertz CT molecular complexity index is 954. The number of aromatic nitrogens is 2. The van der Waals surface area contributed by atoms with E-state index in [1.54, 1.807) is 12.1 Å². The molecule has 0 aliphatic heterocycles. The van der Waals surface area contributed by atoms with Gasteiger partial charge in [0.25, 0.3) is 0 Å². The summed E-state index contributed by atoms with van der Waals surface area (Å²) in [6.45, 7) is 0. The van der Waals surface area contributed by atoms with Crippen LogP contribution in [0.3, 0.4) is 0 Å². The van der Waals surface area contributed by atoms with Crippen molar-refractivity contribution < 1.29 is 8.78 Å². The maximum Gasteiger partial charge on any atom is 0.223 e. The Morgan fingerprint density at radius 2 is 1.86 bits per heavy atom. The Morgan fingerprint density at radius 3 is 2.55 bits per heavy atom. The SMILES string of the molecule is N#Cc1ccc(-c2nc(Cl)nc3cc(F)c(Br)cc23)cc1F. The van der Waals surface area contributed by atoms with Crippen molar-refractivity contribution in [3.63, 3.8) is 0 Å². The Balaban J connectivity index is 2.33. The third kappa shape index (κ3) is 2.54. The fourth-order valence-corrected chi connectivity index (χ4v) is 2.59. The van der Waals surface area contributed by atoms with Crippen LogP contribution < -0.4 is 0 Å². The van der Waals surface area contributed by atoms with Crippen molar-refractivity contribution in [2.24, 2.45) is 0 Å². The number of nitriles is 1. The van der Waals surface area contributed by atoms with E-state index < -0.39 is 11.6 Å². The van der Waals surface area contributed by atoms with E-state index >= 15 is 0 Å². The first-order chi connectivity index (χ1) is 10.5. The van der Waals surface area contributed by atoms with Crippen molar-refractivity contribution >= 4 is 38.4 Å². The predicted octanol–water partition coefficient (Wildman–Crippen LogP) is 4.86. The lowest BCUT2D eigenvalue weighted by Crippen LogP contribution is -1.94. The molecule has 1 aromatic heterocycles. The van der Waals surface area contributed by atoms with Gasteiger partial charge in [0.1, 0.15) is 17.7 Å². The highest BCUT2D eigenvalue weighted by Crippen LogP contribution is 2.31. The summed E-state index contributed by atoms with van der Waals surface area (Å²) in [5.74, 6) is -1.15. The van der Waals surface area contributed by atoms with Crippen molar-refractivity contribution in [2.75, 3.05) is 0 Å². The van der Waals surface area contributed by atoms with E-state index in [4.69, 9.17) is 16.9 Å². The molecule has 0 bridgehead atoms. The van der Waals surface area contributed by atoms with E-state index in [-0.39, 0.29) is 15.3 Å². The van der Waals surface area contributed by atoms with E-state index in [0.717, 1.165) is 0 Å². The largest absolute Gasteiger partial charge is 0.223 e. The van der Waals surface area contributed by atoms with E-state index in [1.807, 2.05) is 0 Å². The number of nitrogens with zero attached hydrogens (tertiary/aromatic N) is 3. The molecule has 0 spiro atoms. The molecule has 0 radical (unpaired) electrons. The van der Waals surface area contributed by atoms with Gasteiger partial charge in [0, 0.05) is 17.0 Å². The fraction of sp³-hybridized carbons (Fsp3) is 0. The van der Waals surface area contributed by atoms with Crippen LogP contribution in [-0.4, -0.2) is 9.97 Å². The molecule has 2 aromatic carbocycles. The lowest BCUT2D eigenvalue weighted by molar-refractivity contribution is 0.622. The molecule has 0 saturated heterocycles. The molecule has 0 unspecified atom stereocenters. The third-order valence-corrected chi connectivity index (χ3v) is 3.85. The van der Waals surface area contributed by atoms with Crippen LogP contribution in [0.25, 0.3) is 22.2 Å². The molecule has 1 heterocycles. The minimum absolute atomic E-state index is 0.0690. The monoisotopic (exact) mass is 379 g/mol. The minimum atomic E-state index is -0.663. The van der Waals surface area contributed by atoms with Crippen LogP contribution in [0.15, 0.2) is 34.8 Å². The summed E-state index contributed by atoms with van der Waals surface area (Å²) in [7, 11) is 0. The molecule has 0 saturated carbocycles. The molecular formula is C15H5BrClF2N3. The summed E-state index contributed by atoms with van der Waals surface area (Å²) in [5.41, 5.74) is 1.02. The van der Waals surface area contributed by atoms with Gasteiger partial charge in [-0.1, -0.05) is 6.07 Å². The molecule has 108 valence electrons. The fourth-order valence-electron chi connectivity index (χ4n) is 2.07. The quantitative estimate of drug-likeness (QED) is 0.566. The summed E-state index contributed by atoms with van der Waals surface area (Å²) >= 11 is 8.96. The number of hydrogen-bond acceptors (Lipinski definition) is 3. The average molecular weight is 381 g/mol. The van der Waals surface area contributed by atoms with Gasteiger partial charge >= 0.3 is 0 Å². The number of benzene rings is 2. The Kier molecular flexibility index (Phi) is 3.77. The lowest BCUT2D eigenvalue weighted by Gasteiger charge is -2.08. The first kappa shape index (κ1) is 14.8. The van der Waals surface area contributed by atoms with Crippen molar-refractivity contribution in [3.05, 3.63) is 57.3 Å². The molecule has 0 atom stereocenters. The molecule has 0 amide bonds. The highest BCUT2D eigenvalue weighted by molar-refractivity contribution is 9.10. The number of hydrogen-bond donors (Lipinski definition) is 0. The molecule has 3 aromatic rings. The third-order valence-electron chi connectivity index (χ3n) is 3.07. The van der Waals surface area contributed by atoms with Crippen molar-refractivity contribution in [1.29, 1.82) is 5.26 Å². The van der Waals surface area contributed by atoms with Crippen LogP contribution in [0.4, 0.5) is 8.78 Å². The van der Waals surface area contributed by atoms with Crippen LogP contribution in [0.1, 0.15) is 5.56 Å².